The normalized spacial score (nSPS) is 15.0. The molecule has 7 nitrogen and oxygen atoms in total. The van der Waals surface area contributed by atoms with Gasteiger partial charge in [-0.2, -0.15) is 0 Å². The molecule has 1 fully saturated rings. The topological polar surface area (TPSA) is 84.9 Å². The van der Waals surface area contributed by atoms with Crippen LogP contribution in [-0.2, 0) is 19.1 Å². The number of carbonyl (C=O) groups excluding carboxylic acids is 3. The number of fused-ring (bicyclic) bond motifs is 1. The molecule has 1 aliphatic rings. The minimum Gasteiger partial charge on any atom is -0.457 e. The molecule has 37 heavy (non-hydrogen) atoms. The van der Waals surface area contributed by atoms with E-state index in [-0.39, 0.29) is 18.9 Å². The third kappa shape index (κ3) is 5.62. The molecule has 0 spiro atoms. The molecule has 2 amide bonds. The molecule has 0 radical (unpaired) electrons. The number of carbonyl (C=O) groups is 3. The fourth-order valence-corrected chi connectivity index (χ4v) is 4.31. The molecule has 1 atom stereocenters. The summed E-state index contributed by atoms with van der Waals surface area (Å²) in [6.45, 7) is 1.74. The van der Waals surface area contributed by atoms with Gasteiger partial charge < -0.3 is 19.7 Å². The van der Waals surface area contributed by atoms with E-state index in [4.69, 9.17) is 9.47 Å². The number of rotatable bonds is 7. The zero-order valence-corrected chi connectivity index (χ0v) is 20.3. The lowest BCUT2D eigenvalue weighted by atomic mass is 10.1. The number of anilines is 2. The first-order valence-corrected chi connectivity index (χ1v) is 12.1. The number of hydrogen-bond acceptors (Lipinski definition) is 5. The van der Waals surface area contributed by atoms with Crippen LogP contribution >= 0.6 is 0 Å². The Bertz CT molecular complexity index is 1440. The molecule has 7 heteroatoms. The summed E-state index contributed by atoms with van der Waals surface area (Å²) in [7, 11) is 0. The number of aryl methyl sites for hydroxylation is 1. The van der Waals surface area contributed by atoms with E-state index in [0.29, 0.717) is 17.1 Å². The summed E-state index contributed by atoms with van der Waals surface area (Å²) in [6, 6.07) is 28.4. The molecule has 4 aromatic rings. The van der Waals surface area contributed by atoms with Crippen molar-refractivity contribution in [2.45, 2.75) is 13.3 Å². The molecule has 186 valence electrons. The van der Waals surface area contributed by atoms with E-state index in [1.807, 2.05) is 61.5 Å². The molecule has 0 unspecified atom stereocenters. The molecular formula is C30H26N2O5. The summed E-state index contributed by atoms with van der Waals surface area (Å²) in [5, 5.41) is 4.79. The zero-order valence-electron chi connectivity index (χ0n) is 20.3. The van der Waals surface area contributed by atoms with Gasteiger partial charge in [-0.15, -0.1) is 0 Å². The maximum absolute atomic E-state index is 12.6. The lowest BCUT2D eigenvalue weighted by molar-refractivity contribution is -0.151. The minimum atomic E-state index is -0.633. The van der Waals surface area contributed by atoms with Gasteiger partial charge in [0.1, 0.15) is 11.5 Å². The minimum absolute atomic E-state index is 0.0344. The Morgan fingerprint density at radius 2 is 1.65 bits per heavy atom. The molecule has 0 aromatic heterocycles. The average Bonchev–Trinajstić information content (AvgIpc) is 3.31. The zero-order chi connectivity index (χ0) is 25.8. The third-order valence-corrected chi connectivity index (χ3v) is 6.27. The van der Waals surface area contributed by atoms with E-state index in [2.05, 4.69) is 5.32 Å². The van der Waals surface area contributed by atoms with Crippen molar-refractivity contribution in [3.8, 4) is 11.5 Å². The van der Waals surface area contributed by atoms with Crippen LogP contribution in [0.5, 0.6) is 11.5 Å². The quantitative estimate of drug-likeness (QED) is 0.344. The molecule has 1 saturated heterocycles. The maximum Gasteiger partial charge on any atom is 0.311 e. The summed E-state index contributed by atoms with van der Waals surface area (Å²) in [5.74, 6) is -0.411. The molecule has 1 aliphatic heterocycles. The van der Waals surface area contributed by atoms with Crippen LogP contribution < -0.4 is 15.0 Å². The van der Waals surface area contributed by atoms with Gasteiger partial charge in [0.25, 0.3) is 5.91 Å². The maximum atomic E-state index is 12.6. The van der Waals surface area contributed by atoms with E-state index in [1.54, 1.807) is 41.3 Å². The summed E-state index contributed by atoms with van der Waals surface area (Å²) in [5.41, 5.74) is 2.37. The van der Waals surface area contributed by atoms with Gasteiger partial charge in [0.05, 0.1) is 5.92 Å². The van der Waals surface area contributed by atoms with E-state index in [1.165, 1.54) is 0 Å². The van der Waals surface area contributed by atoms with Crippen molar-refractivity contribution < 1.29 is 23.9 Å². The molecular weight excluding hydrogens is 468 g/mol. The molecule has 4 aromatic carbocycles. The molecule has 5 rings (SSSR count). The van der Waals surface area contributed by atoms with Crippen LogP contribution in [0.1, 0.15) is 12.0 Å². The number of nitrogens with one attached hydrogen (secondary N) is 1. The Labute approximate surface area is 214 Å². The molecule has 1 N–H and O–H groups in total. The molecule has 1 heterocycles. The predicted octanol–water partition coefficient (Wildman–Crippen LogP) is 5.48. The van der Waals surface area contributed by atoms with Crippen LogP contribution in [0.4, 0.5) is 11.4 Å². The van der Waals surface area contributed by atoms with Gasteiger partial charge >= 0.3 is 5.97 Å². The Morgan fingerprint density at radius 3 is 2.43 bits per heavy atom. The fourth-order valence-electron chi connectivity index (χ4n) is 4.31. The Balaban J connectivity index is 1.16. The average molecular weight is 495 g/mol. The van der Waals surface area contributed by atoms with Crippen molar-refractivity contribution in [1.29, 1.82) is 0 Å². The van der Waals surface area contributed by atoms with Crippen LogP contribution in [0.25, 0.3) is 10.8 Å². The van der Waals surface area contributed by atoms with Gasteiger partial charge in [-0.1, -0.05) is 54.1 Å². The SMILES string of the molecule is Cc1ccc(NC(=O)COC(=O)[C@@H]2CC(=O)N(c3ccc(Oc4cccc5ccccc45)cc3)C2)cc1. The van der Waals surface area contributed by atoms with Crippen LogP contribution in [0.3, 0.4) is 0 Å². The number of benzene rings is 4. The van der Waals surface area contributed by atoms with E-state index in [0.717, 1.165) is 22.1 Å². The highest BCUT2D eigenvalue weighted by atomic mass is 16.5. The second-order valence-corrected chi connectivity index (χ2v) is 9.00. The summed E-state index contributed by atoms with van der Waals surface area (Å²) < 4.78 is 11.3. The summed E-state index contributed by atoms with van der Waals surface area (Å²) in [6.07, 6.45) is 0.0344. The molecule has 0 saturated carbocycles. The first-order chi connectivity index (χ1) is 18.0. The summed E-state index contributed by atoms with van der Waals surface area (Å²) >= 11 is 0. The number of amides is 2. The first-order valence-electron chi connectivity index (χ1n) is 12.1. The fraction of sp³-hybridized carbons (Fsp3) is 0.167. The Kier molecular flexibility index (Phi) is 6.85. The van der Waals surface area contributed by atoms with E-state index >= 15 is 0 Å². The van der Waals surface area contributed by atoms with Crippen molar-refractivity contribution in [3.05, 3.63) is 96.6 Å². The molecule has 0 bridgehead atoms. The van der Waals surface area contributed by atoms with Gasteiger partial charge in [-0.05, 0) is 54.8 Å². The van der Waals surface area contributed by atoms with Crippen molar-refractivity contribution in [3.63, 3.8) is 0 Å². The van der Waals surface area contributed by atoms with Crippen LogP contribution in [0.2, 0.25) is 0 Å². The van der Waals surface area contributed by atoms with Crippen LogP contribution in [0, 0.1) is 12.8 Å². The number of hydrogen-bond donors (Lipinski definition) is 1. The van der Waals surface area contributed by atoms with Crippen molar-refractivity contribution in [2.75, 3.05) is 23.4 Å². The second-order valence-electron chi connectivity index (χ2n) is 9.00. The molecule has 0 aliphatic carbocycles. The van der Waals surface area contributed by atoms with Gasteiger partial charge in [0.15, 0.2) is 6.61 Å². The highest BCUT2D eigenvalue weighted by Gasteiger charge is 2.36. The standard InChI is InChI=1S/C30H26N2O5/c1-20-9-11-23(12-10-20)31-28(33)19-36-30(35)22-17-29(34)32(18-22)24-13-15-25(16-14-24)37-27-8-4-6-21-5-2-3-7-26(21)27/h2-16,22H,17-19H2,1H3,(H,31,33)/t22-/m1/s1. The lowest BCUT2D eigenvalue weighted by Gasteiger charge is -2.17. The van der Waals surface area contributed by atoms with Crippen molar-refractivity contribution in [1.82, 2.24) is 0 Å². The van der Waals surface area contributed by atoms with Gasteiger partial charge in [0, 0.05) is 29.7 Å². The largest absolute Gasteiger partial charge is 0.457 e. The smallest absolute Gasteiger partial charge is 0.311 e. The number of ether oxygens (including phenoxy) is 2. The van der Waals surface area contributed by atoms with Gasteiger partial charge in [-0.25, -0.2) is 0 Å². The Hall–Kier alpha value is -4.65. The van der Waals surface area contributed by atoms with Crippen molar-refractivity contribution >= 4 is 39.9 Å². The predicted molar refractivity (Wildman–Crippen MR) is 142 cm³/mol. The van der Waals surface area contributed by atoms with E-state index in [9.17, 15) is 14.4 Å². The monoisotopic (exact) mass is 494 g/mol. The van der Waals surface area contributed by atoms with E-state index < -0.39 is 24.4 Å². The van der Waals surface area contributed by atoms with Crippen molar-refractivity contribution in [2.24, 2.45) is 5.92 Å². The number of esters is 1. The summed E-state index contributed by atoms with van der Waals surface area (Å²) in [4.78, 5) is 38.8. The van der Waals surface area contributed by atoms with Gasteiger partial charge in [0.2, 0.25) is 5.91 Å². The third-order valence-electron chi connectivity index (χ3n) is 6.27. The van der Waals surface area contributed by atoms with Gasteiger partial charge in [-0.3, -0.25) is 14.4 Å². The Morgan fingerprint density at radius 1 is 0.919 bits per heavy atom. The lowest BCUT2D eigenvalue weighted by Crippen LogP contribution is -2.28. The first kappa shape index (κ1) is 24.1. The second kappa shape index (κ2) is 10.5. The van der Waals surface area contributed by atoms with Crippen LogP contribution in [0.15, 0.2) is 91.0 Å². The number of nitrogens with zero attached hydrogens (tertiary/aromatic N) is 1. The van der Waals surface area contributed by atoms with Crippen LogP contribution in [-0.4, -0.2) is 30.9 Å². The highest BCUT2D eigenvalue weighted by molar-refractivity contribution is 6.00. The highest BCUT2D eigenvalue weighted by Crippen LogP contribution is 2.32.